The van der Waals surface area contributed by atoms with Gasteiger partial charge in [-0.2, -0.15) is 0 Å². The SMILES string of the molecule is COc1ccc(C)cc1CC(C)NC/C=C\c1ccccc1.Cl. The molecule has 1 atom stereocenters. The summed E-state index contributed by atoms with van der Waals surface area (Å²) >= 11 is 0. The highest BCUT2D eigenvalue weighted by Gasteiger charge is 2.07. The van der Waals surface area contributed by atoms with Crippen LogP contribution in [0.5, 0.6) is 5.75 Å². The third kappa shape index (κ3) is 6.47. The highest BCUT2D eigenvalue weighted by molar-refractivity contribution is 5.85. The average Bonchev–Trinajstić information content (AvgIpc) is 2.53. The first-order chi connectivity index (χ1) is 10.7. The number of benzene rings is 2. The van der Waals surface area contributed by atoms with Crippen molar-refractivity contribution in [2.24, 2.45) is 0 Å². The zero-order chi connectivity index (χ0) is 15.8. The summed E-state index contributed by atoms with van der Waals surface area (Å²) in [6.07, 6.45) is 5.27. The van der Waals surface area contributed by atoms with E-state index in [1.807, 2.05) is 12.1 Å². The minimum atomic E-state index is 0. The van der Waals surface area contributed by atoms with Gasteiger partial charge in [-0.25, -0.2) is 0 Å². The minimum absolute atomic E-state index is 0. The number of rotatable bonds is 7. The van der Waals surface area contributed by atoms with Crippen molar-refractivity contribution >= 4 is 18.5 Å². The molecule has 0 aliphatic carbocycles. The summed E-state index contributed by atoms with van der Waals surface area (Å²) in [6.45, 7) is 5.19. The molecular formula is C20H26ClNO. The van der Waals surface area contributed by atoms with Crippen molar-refractivity contribution in [3.05, 3.63) is 71.3 Å². The predicted octanol–water partition coefficient (Wildman–Crippen LogP) is 4.66. The Hall–Kier alpha value is -1.77. The lowest BCUT2D eigenvalue weighted by atomic mass is 10.0. The molecule has 23 heavy (non-hydrogen) atoms. The lowest BCUT2D eigenvalue weighted by Crippen LogP contribution is -2.28. The molecule has 0 aromatic heterocycles. The Balaban J connectivity index is 0.00000264. The summed E-state index contributed by atoms with van der Waals surface area (Å²) in [4.78, 5) is 0. The lowest BCUT2D eigenvalue weighted by Gasteiger charge is -2.15. The van der Waals surface area contributed by atoms with Crippen molar-refractivity contribution < 1.29 is 4.74 Å². The molecule has 0 aliphatic rings. The Morgan fingerprint density at radius 3 is 2.57 bits per heavy atom. The van der Waals surface area contributed by atoms with Crippen LogP contribution in [0.15, 0.2) is 54.6 Å². The number of nitrogens with one attached hydrogen (secondary N) is 1. The van der Waals surface area contributed by atoms with Gasteiger partial charge in [0.05, 0.1) is 7.11 Å². The number of ether oxygens (including phenoxy) is 1. The van der Waals surface area contributed by atoms with Crippen molar-refractivity contribution in [2.45, 2.75) is 26.3 Å². The van der Waals surface area contributed by atoms with Crippen LogP contribution in [0.3, 0.4) is 0 Å². The molecule has 0 saturated heterocycles. The van der Waals surface area contributed by atoms with Crippen LogP contribution in [0.25, 0.3) is 6.08 Å². The molecule has 2 nitrogen and oxygen atoms in total. The van der Waals surface area contributed by atoms with Crippen LogP contribution in [0, 0.1) is 6.92 Å². The second-order valence-electron chi connectivity index (χ2n) is 5.64. The van der Waals surface area contributed by atoms with Crippen LogP contribution < -0.4 is 10.1 Å². The van der Waals surface area contributed by atoms with Crippen LogP contribution in [0.1, 0.15) is 23.6 Å². The highest BCUT2D eigenvalue weighted by Crippen LogP contribution is 2.21. The summed E-state index contributed by atoms with van der Waals surface area (Å²) < 4.78 is 5.44. The first kappa shape index (κ1) is 19.3. The molecule has 0 amide bonds. The van der Waals surface area contributed by atoms with Gasteiger partial charge in [-0.1, -0.05) is 60.2 Å². The largest absolute Gasteiger partial charge is 0.496 e. The number of methoxy groups -OCH3 is 1. The fraction of sp³-hybridized carbons (Fsp3) is 0.300. The summed E-state index contributed by atoms with van der Waals surface area (Å²) in [6, 6.07) is 17.1. The van der Waals surface area contributed by atoms with E-state index < -0.39 is 0 Å². The van der Waals surface area contributed by atoms with Gasteiger partial charge in [-0.3, -0.25) is 0 Å². The van der Waals surface area contributed by atoms with Crippen LogP contribution in [0.2, 0.25) is 0 Å². The van der Waals surface area contributed by atoms with Gasteiger partial charge in [0.2, 0.25) is 0 Å². The molecule has 1 unspecified atom stereocenters. The third-order valence-electron chi connectivity index (χ3n) is 3.66. The van der Waals surface area contributed by atoms with Gasteiger partial charge in [0.1, 0.15) is 5.75 Å². The first-order valence-electron chi connectivity index (χ1n) is 7.77. The molecule has 124 valence electrons. The van der Waals surface area contributed by atoms with Crippen molar-refractivity contribution in [2.75, 3.05) is 13.7 Å². The quantitative estimate of drug-likeness (QED) is 0.796. The zero-order valence-corrected chi connectivity index (χ0v) is 14.9. The smallest absolute Gasteiger partial charge is 0.122 e. The van der Waals surface area contributed by atoms with Gasteiger partial charge >= 0.3 is 0 Å². The standard InChI is InChI=1S/C20H25NO.ClH/c1-16-11-12-20(22-3)19(14-16)15-17(2)21-13-7-10-18-8-5-4-6-9-18;/h4-12,14,17,21H,13,15H2,1-3H3;1H/b10-7-;. The van der Waals surface area contributed by atoms with Crippen molar-refractivity contribution in [3.8, 4) is 5.75 Å². The minimum Gasteiger partial charge on any atom is -0.496 e. The molecule has 2 aromatic carbocycles. The second kappa shape index (κ2) is 10.1. The molecule has 0 bridgehead atoms. The van der Waals surface area contributed by atoms with Crippen molar-refractivity contribution in [1.82, 2.24) is 5.32 Å². The first-order valence-corrected chi connectivity index (χ1v) is 7.77. The van der Waals surface area contributed by atoms with Crippen molar-refractivity contribution in [3.63, 3.8) is 0 Å². The molecule has 3 heteroatoms. The predicted molar refractivity (Wildman–Crippen MR) is 102 cm³/mol. The molecule has 2 rings (SSSR count). The third-order valence-corrected chi connectivity index (χ3v) is 3.66. The van der Waals surface area contributed by atoms with Crippen LogP contribution in [-0.4, -0.2) is 19.7 Å². The fourth-order valence-corrected chi connectivity index (χ4v) is 2.50. The number of hydrogen-bond acceptors (Lipinski definition) is 2. The number of halogens is 1. The highest BCUT2D eigenvalue weighted by atomic mass is 35.5. The normalized spacial score (nSPS) is 12.0. The van der Waals surface area contributed by atoms with E-state index in [0.717, 1.165) is 18.7 Å². The van der Waals surface area contributed by atoms with E-state index in [1.54, 1.807) is 7.11 Å². The summed E-state index contributed by atoms with van der Waals surface area (Å²) in [5, 5.41) is 3.53. The van der Waals surface area contributed by atoms with Gasteiger partial charge < -0.3 is 10.1 Å². The summed E-state index contributed by atoms with van der Waals surface area (Å²) in [5.41, 5.74) is 3.76. The molecule has 1 N–H and O–H groups in total. The van der Waals surface area contributed by atoms with Gasteiger partial charge in [0.15, 0.2) is 0 Å². The Bertz CT molecular complexity index is 610. The Kier molecular flexibility index (Phi) is 8.46. The van der Waals surface area contributed by atoms with E-state index >= 15 is 0 Å². The van der Waals surface area contributed by atoms with E-state index in [4.69, 9.17) is 4.74 Å². The topological polar surface area (TPSA) is 21.3 Å². The maximum Gasteiger partial charge on any atom is 0.122 e. The maximum absolute atomic E-state index is 5.44. The van der Waals surface area contributed by atoms with Crippen LogP contribution in [0.4, 0.5) is 0 Å². The van der Waals surface area contributed by atoms with Crippen LogP contribution in [-0.2, 0) is 6.42 Å². The average molecular weight is 332 g/mol. The molecule has 0 radical (unpaired) electrons. The van der Waals surface area contributed by atoms with E-state index in [9.17, 15) is 0 Å². The number of aryl methyl sites for hydroxylation is 1. The van der Waals surface area contributed by atoms with Gasteiger partial charge in [0, 0.05) is 12.6 Å². The Morgan fingerprint density at radius 1 is 1.13 bits per heavy atom. The van der Waals surface area contributed by atoms with E-state index in [2.05, 4.69) is 67.7 Å². The Morgan fingerprint density at radius 2 is 1.87 bits per heavy atom. The molecule has 0 fully saturated rings. The Labute approximate surface area is 146 Å². The van der Waals surface area contributed by atoms with Gasteiger partial charge in [-0.05, 0) is 37.5 Å². The molecule has 0 heterocycles. The lowest BCUT2D eigenvalue weighted by molar-refractivity contribution is 0.406. The monoisotopic (exact) mass is 331 g/mol. The zero-order valence-electron chi connectivity index (χ0n) is 14.1. The van der Waals surface area contributed by atoms with Crippen molar-refractivity contribution in [1.29, 1.82) is 0 Å². The molecular weight excluding hydrogens is 306 g/mol. The molecule has 0 saturated carbocycles. The molecule has 2 aromatic rings. The maximum atomic E-state index is 5.44. The fourth-order valence-electron chi connectivity index (χ4n) is 2.50. The number of hydrogen-bond donors (Lipinski definition) is 1. The van der Waals surface area contributed by atoms with E-state index in [1.165, 1.54) is 16.7 Å². The molecule has 0 aliphatic heterocycles. The summed E-state index contributed by atoms with van der Waals surface area (Å²) in [5.74, 6) is 0.971. The molecule has 0 spiro atoms. The van der Waals surface area contributed by atoms with Gasteiger partial charge in [-0.15, -0.1) is 12.4 Å². The summed E-state index contributed by atoms with van der Waals surface area (Å²) in [7, 11) is 1.73. The second-order valence-corrected chi connectivity index (χ2v) is 5.64. The van der Waals surface area contributed by atoms with Crippen LogP contribution >= 0.6 is 12.4 Å². The van der Waals surface area contributed by atoms with E-state index in [-0.39, 0.29) is 12.4 Å². The van der Waals surface area contributed by atoms with E-state index in [0.29, 0.717) is 6.04 Å². The van der Waals surface area contributed by atoms with Gasteiger partial charge in [0.25, 0.3) is 0 Å².